The van der Waals surface area contributed by atoms with Crippen LogP contribution in [0.3, 0.4) is 0 Å². The van der Waals surface area contributed by atoms with E-state index in [2.05, 4.69) is 34.1 Å². The molecule has 5 rings (SSSR count). The number of hydrogen-bond acceptors (Lipinski definition) is 6. The summed E-state index contributed by atoms with van der Waals surface area (Å²) < 4.78 is 12.3. The zero-order valence-corrected chi connectivity index (χ0v) is 19.1. The predicted molar refractivity (Wildman–Crippen MR) is 124 cm³/mol. The highest BCUT2D eigenvalue weighted by atomic mass is 16.5. The van der Waals surface area contributed by atoms with Crippen LogP contribution in [-0.4, -0.2) is 51.2 Å². The van der Waals surface area contributed by atoms with Crippen molar-refractivity contribution in [1.29, 1.82) is 0 Å². The number of nitrogens with zero attached hydrogens (tertiary/aromatic N) is 5. The first-order chi connectivity index (χ1) is 16.0. The summed E-state index contributed by atoms with van der Waals surface area (Å²) in [5.41, 5.74) is 6.49. The van der Waals surface area contributed by atoms with E-state index in [0.29, 0.717) is 18.1 Å². The molecule has 0 fully saturated rings. The molecule has 0 saturated heterocycles. The first-order valence-electron chi connectivity index (χ1n) is 10.8. The minimum absolute atomic E-state index is 0.0646. The van der Waals surface area contributed by atoms with Gasteiger partial charge in [-0.1, -0.05) is 18.2 Å². The van der Waals surface area contributed by atoms with Crippen LogP contribution in [0.4, 0.5) is 0 Å². The van der Waals surface area contributed by atoms with Crippen LogP contribution in [0.1, 0.15) is 40.1 Å². The topological polar surface area (TPSA) is 81.9 Å². The van der Waals surface area contributed by atoms with Crippen LogP contribution in [0.5, 0.6) is 11.9 Å². The summed E-state index contributed by atoms with van der Waals surface area (Å²) in [5, 5.41) is 4.52. The van der Waals surface area contributed by atoms with Crippen molar-refractivity contribution in [2.24, 2.45) is 0 Å². The molecule has 4 heterocycles. The van der Waals surface area contributed by atoms with Gasteiger partial charge in [0, 0.05) is 18.9 Å². The lowest BCUT2D eigenvalue weighted by Gasteiger charge is -2.35. The van der Waals surface area contributed by atoms with Crippen LogP contribution in [0.25, 0.3) is 16.6 Å². The van der Waals surface area contributed by atoms with Crippen molar-refractivity contribution in [3.63, 3.8) is 0 Å². The maximum absolute atomic E-state index is 13.4. The SMILES string of the molecule is COc1ncc(-c2ccc3c(c2)C(C)N(C(=O)c2cc4ccc(C)cn4n2)CC3)c(OC)n1. The summed E-state index contributed by atoms with van der Waals surface area (Å²) in [4.78, 5) is 23.8. The highest BCUT2D eigenvalue weighted by molar-refractivity contribution is 5.94. The smallest absolute Gasteiger partial charge is 0.319 e. The number of ether oxygens (including phenoxy) is 2. The maximum atomic E-state index is 13.4. The standard InChI is InChI=1S/C25H25N5O3/c1-15-5-8-19-12-22(28-30(19)14-15)24(31)29-10-9-17-6-7-18(11-20(17)16(29)2)21-13-26-25(33-4)27-23(21)32-3/h5-8,11-14,16H,9-10H2,1-4H3. The molecule has 0 bridgehead atoms. The van der Waals surface area contributed by atoms with Crippen molar-refractivity contribution in [3.05, 3.63) is 71.2 Å². The number of aromatic nitrogens is 4. The van der Waals surface area contributed by atoms with Gasteiger partial charge in [0.15, 0.2) is 5.69 Å². The lowest BCUT2D eigenvalue weighted by molar-refractivity contribution is 0.0671. The van der Waals surface area contributed by atoms with E-state index in [1.165, 1.54) is 12.7 Å². The Balaban J connectivity index is 1.48. The van der Waals surface area contributed by atoms with E-state index in [1.54, 1.807) is 17.8 Å². The third kappa shape index (κ3) is 3.67. The first-order valence-corrected chi connectivity index (χ1v) is 10.8. The summed E-state index contributed by atoms with van der Waals surface area (Å²) in [5.74, 6) is 0.378. The van der Waals surface area contributed by atoms with Crippen LogP contribution in [0, 0.1) is 6.92 Å². The van der Waals surface area contributed by atoms with Gasteiger partial charge in [-0.05, 0) is 60.7 Å². The zero-order chi connectivity index (χ0) is 23.1. The molecule has 8 heteroatoms. The van der Waals surface area contributed by atoms with Crippen molar-refractivity contribution >= 4 is 11.4 Å². The number of carbonyl (C=O) groups is 1. The van der Waals surface area contributed by atoms with E-state index < -0.39 is 0 Å². The second kappa shape index (κ2) is 8.20. The number of methoxy groups -OCH3 is 2. The largest absolute Gasteiger partial charge is 0.480 e. The predicted octanol–water partition coefficient (Wildman–Crippen LogP) is 3.88. The highest BCUT2D eigenvalue weighted by Gasteiger charge is 2.30. The molecule has 33 heavy (non-hydrogen) atoms. The number of amides is 1. The van der Waals surface area contributed by atoms with Crippen molar-refractivity contribution in [2.45, 2.75) is 26.3 Å². The van der Waals surface area contributed by atoms with Gasteiger partial charge in [-0.15, -0.1) is 0 Å². The lowest BCUT2D eigenvalue weighted by Crippen LogP contribution is -2.39. The summed E-state index contributed by atoms with van der Waals surface area (Å²) in [7, 11) is 3.09. The van der Waals surface area contributed by atoms with Gasteiger partial charge in [-0.2, -0.15) is 10.1 Å². The quantitative estimate of drug-likeness (QED) is 0.476. The minimum atomic E-state index is -0.0992. The number of hydrogen-bond donors (Lipinski definition) is 0. The average molecular weight is 444 g/mol. The van der Waals surface area contributed by atoms with Gasteiger partial charge >= 0.3 is 6.01 Å². The van der Waals surface area contributed by atoms with E-state index in [1.807, 2.05) is 42.3 Å². The van der Waals surface area contributed by atoms with Crippen molar-refractivity contribution in [1.82, 2.24) is 24.5 Å². The van der Waals surface area contributed by atoms with Gasteiger partial charge in [-0.3, -0.25) is 4.79 Å². The fourth-order valence-corrected chi connectivity index (χ4v) is 4.40. The van der Waals surface area contributed by atoms with Gasteiger partial charge in [-0.25, -0.2) is 9.50 Å². The molecule has 0 N–H and O–H groups in total. The Bertz CT molecular complexity index is 1360. The van der Waals surface area contributed by atoms with Gasteiger partial charge in [0.25, 0.3) is 5.91 Å². The van der Waals surface area contributed by atoms with Crippen LogP contribution in [0.2, 0.25) is 0 Å². The van der Waals surface area contributed by atoms with E-state index in [-0.39, 0.29) is 18.0 Å². The van der Waals surface area contributed by atoms with Gasteiger partial charge < -0.3 is 14.4 Å². The maximum Gasteiger partial charge on any atom is 0.319 e. The number of carbonyl (C=O) groups excluding carboxylic acids is 1. The number of pyridine rings is 1. The van der Waals surface area contributed by atoms with E-state index in [9.17, 15) is 4.79 Å². The Morgan fingerprint density at radius 2 is 1.97 bits per heavy atom. The fourth-order valence-electron chi connectivity index (χ4n) is 4.40. The molecule has 1 atom stereocenters. The molecule has 0 aliphatic carbocycles. The molecule has 1 unspecified atom stereocenters. The first kappa shape index (κ1) is 20.9. The fraction of sp³-hybridized carbons (Fsp3) is 0.280. The molecule has 1 aromatic carbocycles. The third-order valence-corrected chi connectivity index (χ3v) is 6.19. The van der Waals surface area contributed by atoms with E-state index in [4.69, 9.17) is 9.47 Å². The molecule has 0 radical (unpaired) electrons. The molecule has 1 aliphatic rings. The van der Waals surface area contributed by atoms with Crippen molar-refractivity contribution in [3.8, 4) is 23.0 Å². The van der Waals surface area contributed by atoms with Crippen LogP contribution < -0.4 is 9.47 Å². The van der Waals surface area contributed by atoms with Crippen molar-refractivity contribution in [2.75, 3.05) is 20.8 Å². The lowest BCUT2D eigenvalue weighted by atomic mass is 9.90. The molecule has 4 aromatic rings. The van der Waals surface area contributed by atoms with Crippen molar-refractivity contribution < 1.29 is 14.3 Å². The zero-order valence-electron chi connectivity index (χ0n) is 19.1. The van der Waals surface area contributed by atoms with E-state index in [0.717, 1.165) is 34.2 Å². The van der Waals surface area contributed by atoms with Crippen LogP contribution in [0.15, 0.2) is 48.8 Å². The normalized spacial score (nSPS) is 15.4. The molecule has 0 saturated carbocycles. The Morgan fingerprint density at radius 1 is 1.12 bits per heavy atom. The number of fused-ring (bicyclic) bond motifs is 2. The van der Waals surface area contributed by atoms with Gasteiger partial charge in [0.1, 0.15) is 0 Å². The molecule has 3 aromatic heterocycles. The number of rotatable bonds is 4. The molecule has 1 aliphatic heterocycles. The highest BCUT2D eigenvalue weighted by Crippen LogP contribution is 2.36. The molecule has 1 amide bonds. The van der Waals surface area contributed by atoms with Crippen LogP contribution >= 0.6 is 0 Å². The Labute approximate surface area is 191 Å². The second-order valence-electron chi connectivity index (χ2n) is 8.22. The minimum Gasteiger partial charge on any atom is -0.480 e. The third-order valence-electron chi connectivity index (χ3n) is 6.19. The number of benzene rings is 1. The molecular weight excluding hydrogens is 418 g/mol. The number of aryl methyl sites for hydroxylation is 1. The summed E-state index contributed by atoms with van der Waals surface area (Å²) >= 11 is 0. The average Bonchev–Trinajstić information content (AvgIpc) is 3.26. The Hall–Kier alpha value is -3.94. The van der Waals surface area contributed by atoms with Crippen LogP contribution in [-0.2, 0) is 6.42 Å². The molecule has 8 nitrogen and oxygen atoms in total. The van der Waals surface area contributed by atoms with E-state index >= 15 is 0 Å². The summed E-state index contributed by atoms with van der Waals surface area (Å²) in [6.45, 7) is 4.71. The van der Waals surface area contributed by atoms with Gasteiger partial charge in [0.2, 0.25) is 5.88 Å². The molecular formula is C25H25N5O3. The second-order valence-corrected chi connectivity index (χ2v) is 8.22. The Morgan fingerprint density at radius 3 is 2.76 bits per heavy atom. The summed E-state index contributed by atoms with van der Waals surface area (Å²) in [6, 6.07) is 12.2. The molecule has 0 spiro atoms. The molecule has 168 valence electrons. The monoisotopic (exact) mass is 443 g/mol. The Kier molecular flexibility index (Phi) is 5.20. The van der Waals surface area contributed by atoms with Gasteiger partial charge in [0.05, 0.1) is 31.3 Å². The summed E-state index contributed by atoms with van der Waals surface area (Å²) in [6.07, 6.45) is 4.41.